The number of benzene rings is 3. The van der Waals surface area contributed by atoms with Crippen molar-refractivity contribution in [3.05, 3.63) is 83.6 Å². The van der Waals surface area contributed by atoms with Crippen molar-refractivity contribution < 1.29 is 19.0 Å². The maximum atomic E-state index is 11.8. The third kappa shape index (κ3) is 3.86. The van der Waals surface area contributed by atoms with Crippen molar-refractivity contribution in [2.75, 3.05) is 14.2 Å². The Morgan fingerprint density at radius 1 is 0.846 bits per heavy atom. The van der Waals surface area contributed by atoms with Crippen LogP contribution >= 0.6 is 0 Å². The first-order chi connectivity index (χ1) is 12.7. The van der Waals surface area contributed by atoms with Crippen LogP contribution in [0.2, 0.25) is 0 Å². The highest BCUT2D eigenvalue weighted by Gasteiger charge is 2.12. The normalized spacial score (nSPS) is 11.2. The number of hydrogen-bond donors (Lipinski definition) is 0. The van der Waals surface area contributed by atoms with E-state index >= 15 is 0 Å². The third-order valence-electron chi connectivity index (χ3n) is 4.05. The third-order valence-corrected chi connectivity index (χ3v) is 4.05. The van der Waals surface area contributed by atoms with E-state index in [1.165, 1.54) is 14.2 Å². The van der Waals surface area contributed by atoms with Gasteiger partial charge in [-0.15, -0.1) is 0 Å². The van der Waals surface area contributed by atoms with E-state index in [2.05, 4.69) is 0 Å². The lowest BCUT2D eigenvalue weighted by atomic mass is 10.0. The molecule has 0 fully saturated rings. The number of carbonyl (C=O) groups excluding carboxylic acids is 1. The van der Waals surface area contributed by atoms with Gasteiger partial charge in [0.1, 0.15) is 12.4 Å². The first-order valence-electron chi connectivity index (χ1n) is 8.25. The molecule has 0 aromatic heterocycles. The molecule has 0 aliphatic heterocycles. The topological polar surface area (TPSA) is 44.8 Å². The summed E-state index contributed by atoms with van der Waals surface area (Å²) in [7, 11) is 2.77. The highest BCUT2D eigenvalue weighted by Crippen LogP contribution is 2.30. The number of esters is 1. The van der Waals surface area contributed by atoms with Crippen molar-refractivity contribution >= 4 is 22.8 Å². The average molecular weight is 348 g/mol. The molecule has 4 nitrogen and oxygen atoms in total. The molecule has 0 heterocycles. The summed E-state index contributed by atoms with van der Waals surface area (Å²) in [5, 5.41) is 1.94. The van der Waals surface area contributed by atoms with Crippen LogP contribution in [0, 0.1) is 0 Å². The summed E-state index contributed by atoms with van der Waals surface area (Å²) < 4.78 is 15.9. The molecule has 0 N–H and O–H groups in total. The number of methoxy groups -OCH3 is 2. The average Bonchev–Trinajstić information content (AvgIpc) is 2.71. The van der Waals surface area contributed by atoms with Crippen LogP contribution in [-0.2, 0) is 20.9 Å². The second-order valence-electron chi connectivity index (χ2n) is 5.68. The van der Waals surface area contributed by atoms with E-state index in [0.717, 1.165) is 27.6 Å². The van der Waals surface area contributed by atoms with Crippen LogP contribution in [-0.4, -0.2) is 20.2 Å². The van der Waals surface area contributed by atoms with E-state index in [9.17, 15) is 4.79 Å². The van der Waals surface area contributed by atoms with Gasteiger partial charge in [-0.2, -0.15) is 0 Å². The fraction of sp³-hybridized carbons (Fsp3) is 0.136. The maximum absolute atomic E-state index is 11.8. The van der Waals surface area contributed by atoms with E-state index in [0.29, 0.717) is 6.61 Å². The second kappa shape index (κ2) is 8.21. The zero-order valence-corrected chi connectivity index (χ0v) is 14.8. The Hall–Kier alpha value is -3.27. The van der Waals surface area contributed by atoms with Crippen molar-refractivity contribution in [1.82, 2.24) is 0 Å². The SMILES string of the molecule is COC(=O)C(=Cc1ccc(OCc2ccccc2)c2ccccc12)OC. The molecule has 0 spiro atoms. The number of carbonyl (C=O) groups is 1. The van der Waals surface area contributed by atoms with Crippen molar-refractivity contribution in [3.8, 4) is 5.75 Å². The summed E-state index contributed by atoms with van der Waals surface area (Å²) in [6.45, 7) is 0.492. The lowest BCUT2D eigenvalue weighted by Gasteiger charge is -2.12. The highest BCUT2D eigenvalue weighted by atomic mass is 16.6. The van der Waals surface area contributed by atoms with Gasteiger partial charge in [0.25, 0.3) is 0 Å². The van der Waals surface area contributed by atoms with E-state index in [1.54, 1.807) is 6.08 Å². The Bertz CT molecular complexity index is 929. The van der Waals surface area contributed by atoms with Gasteiger partial charge in [0, 0.05) is 5.39 Å². The van der Waals surface area contributed by atoms with Gasteiger partial charge in [-0.25, -0.2) is 4.79 Å². The van der Waals surface area contributed by atoms with E-state index in [1.807, 2.05) is 66.7 Å². The predicted octanol–water partition coefficient (Wildman–Crippen LogP) is 4.58. The second-order valence-corrected chi connectivity index (χ2v) is 5.68. The minimum absolute atomic E-state index is 0.149. The summed E-state index contributed by atoms with van der Waals surface area (Å²) in [4.78, 5) is 11.8. The van der Waals surface area contributed by atoms with Gasteiger partial charge in [0.2, 0.25) is 5.76 Å². The molecule has 4 heteroatoms. The van der Waals surface area contributed by atoms with Gasteiger partial charge in [-0.05, 0) is 28.7 Å². The van der Waals surface area contributed by atoms with Crippen LogP contribution in [0.3, 0.4) is 0 Å². The predicted molar refractivity (Wildman–Crippen MR) is 102 cm³/mol. The Kier molecular flexibility index (Phi) is 5.54. The van der Waals surface area contributed by atoms with Crippen molar-refractivity contribution in [1.29, 1.82) is 0 Å². The summed E-state index contributed by atoms with van der Waals surface area (Å²) in [5.41, 5.74) is 1.96. The van der Waals surface area contributed by atoms with Gasteiger partial charge in [0.05, 0.1) is 14.2 Å². The molecule has 26 heavy (non-hydrogen) atoms. The Morgan fingerprint density at radius 3 is 2.23 bits per heavy atom. The number of hydrogen-bond acceptors (Lipinski definition) is 4. The molecule has 0 amide bonds. The molecule has 3 aromatic carbocycles. The molecule has 0 saturated heterocycles. The maximum Gasteiger partial charge on any atom is 0.373 e. The van der Waals surface area contributed by atoms with Crippen molar-refractivity contribution in [2.45, 2.75) is 6.61 Å². The molecular weight excluding hydrogens is 328 g/mol. The molecule has 0 aliphatic carbocycles. The minimum Gasteiger partial charge on any atom is -0.490 e. The highest BCUT2D eigenvalue weighted by molar-refractivity contribution is 5.99. The van der Waals surface area contributed by atoms with Gasteiger partial charge >= 0.3 is 5.97 Å². The van der Waals surface area contributed by atoms with Crippen molar-refractivity contribution in [3.63, 3.8) is 0 Å². The first kappa shape index (κ1) is 17.5. The van der Waals surface area contributed by atoms with Crippen LogP contribution in [0.4, 0.5) is 0 Å². The van der Waals surface area contributed by atoms with Crippen LogP contribution in [0.5, 0.6) is 5.75 Å². The number of ether oxygens (including phenoxy) is 3. The van der Waals surface area contributed by atoms with Crippen LogP contribution in [0.15, 0.2) is 72.5 Å². The smallest absolute Gasteiger partial charge is 0.373 e. The minimum atomic E-state index is -0.513. The van der Waals surface area contributed by atoms with E-state index < -0.39 is 5.97 Å². The van der Waals surface area contributed by atoms with Gasteiger partial charge < -0.3 is 14.2 Å². The van der Waals surface area contributed by atoms with Crippen molar-refractivity contribution in [2.24, 2.45) is 0 Å². The standard InChI is InChI=1S/C22H20O4/c1-24-21(22(23)25-2)14-17-12-13-20(19-11-7-6-10-18(17)19)26-15-16-8-4-3-5-9-16/h3-14H,15H2,1-2H3. The Balaban J connectivity index is 1.96. The molecule has 3 rings (SSSR count). The molecule has 0 aliphatic rings. The fourth-order valence-electron chi connectivity index (χ4n) is 2.72. The van der Waals surface area contributed by atoms with E-state index in [4.69, 9.17) is 14.2 Å². The van der Waals surface area contributed by atoms with Crippen LogP contribution in [0.25, 0.3) is 16.8 Å². The molecular formula is C22H20O4. The van der Waals surface area contributed by atoms with E-state index in [-0.39, 0.29) is 5.76 Å². The lowest BCUT2D eigenvalue weighted by Crippen LogP contribution is -2.06. The summed E-state index contributed by atoms with van der Waals surface area (Å²) >= 11 is 0. The molecule has 0 bridgehead atoms. The zero-order chi connectivity index (χ0) is 18.4. The molecule has 0 radical (unpaired) electrons. The van der Waals surface area contributed by atoms with Gasteiger partial charge in [-0.3, -0.25) is 0 Å². The summed E-state index contributed by atoms with van der Waals surface area (Å²) in [6, 6.07) is 21.7. The fourth-order valence-corrected chi connectivity index (χ4v) is 2.72. The molecule has 0 unspecified atom stereocenters. The number of rotatable bonds is 6. The zero-order valence-electron chi connectivity index (χ0n) is 14.8. The Morgan fingerprint density at radius 2 is 1.54 bits per heavy atom. The molecule has 3 aromatic rings. The molecule has 132 valence electrons. The van der Waals surface area contributed by atoms with Gasteiger partial charge in [-0.1, -0.05) is 60.7 Å². The quantitative estimate of drug-likeness (QED) is 0.372. The lowest BCUT2D eigenvalue weighted by molar-refractivity contribution is -0.139. The van der Waals surface area contributed by atoms with Crippen LogP contribution < -0.4 is 4.74 Å². The molecule has 0 saturated carbocycles. The summed E-state index contributed by atoms with van der Waals surface area (Å²) in [5.74, 6) is 0.426. The first-order valence-corrected chi connectivity index (χ1v) is 8.25. The monoisotopic (exact) mass is 348 g/mol. The summed E-state index contributed by atoms with van der Waals surface area (Å²) in [6.07, 6.45) is 1.68. The largest absolute Gasteiger partial charge is 0.490 e. The van der Waals surface area contributed by atoms with Gasteiger partial charge in [0.15, 0.2) is 0 Å². The molecule has 0 atom stereocenters. The Labute approximate surface area is 152 Å². The number of fused-ring (bicyclic) bond motifs is 1. The van der Waals surface area contributed by atoms with Crippen LogP contribution in [0.1, 0.15) is 11.1 Å².